The summed E-state index contributed by atoms with van der Waals surface area (Å²) in [5.74, 6) is 1.89. The molecular formula is C47H54O2. The van der Waals surface area contributed by atoms with Gasteiger partial charge in [0.05, 0.1) is 13.2 Å². The zero-order valence-electron chi connectivity index (χ0n) is 29.8. The maximum Gasteiger partial charge on any atom is 0.119 e. The molecule has 5 aromatic rings. The second-order valence-electron chi connectivity index (χ2n) is 13.7. The highest BCUT2D eigenvalue weighted by Crippen LogP contribution is 2.50. The topological polar surface area (TPSA) is 18.5 Å². The first-order valence-corrected chi connectivity index (χ1v) is 19.1. The van der Waals surface area contributed by atoms with Crippen molar-refractivity contribution in [2.24, 2.45) is 0 Å². The quantitative estimate of drug-likeness (QED) is 0.0812. The summed E-state index contributed by atoms with van der Waals surface area (Å²) in [6, 6.07) is 40.0. The minimum absolute atomic E-state index is 0.774. The lowest BCUT2D eigenvalue weighted by atomic mass is 9.82. The van der Waals surface area contributed by atoms with Crippen molar-refractivity contribution in [2.75, 3.05) is 13.2 Å². The lowest BCUT2D eigenvalue weighted by molar-refractivity contribution is 0.304. The highest BCUT2D eigenvalue weighted by Gasteiger charge is 2.27. The van der Waals surface area contributed by atoms with Gasteiger partial charge in [0.1, 0.15) is 11.5 Å². The van der Waals surface area contributed by atoms with Gasteiger partial charge in [-0.05, 0) is 105 Å². The van der Waals surface area contributed by atoms with E-state index in [9.17, 15) is 0 Å². The smallest absolute Gasteiger partial charge is 0.119 e. The van der Waals surface area contributed by atoms with Gasteiger partial charge in [-0.2, -0.15) is 0 Å². The van der Waals surface area contributed by atoms with Crippen molar-refractivity contribution in [1.82, 2.24) is 0 Å². The van der Waals surface area contributed by atoms with Gasteiger partial charge in [0.15, 0.2) is 0 Å². The Balaban J connectivity index is 1.32. The van der Waals surface area contributed by atoms with Gasteiger partial charge in [-0.3, -0.25) is 0 Å². The molecule has 0 heterocycles. The molecule has 5 aromatic carbocycles. The average molecular weight is 651 g/mol. The van der Waals surface area contributed by atoms with Gasteiger partial charge in [-0.25, -0.2) is 0 Å². The lowest BCUT2D eigenvalue weighted by Crippen LogP contribution is -1.99. The van der Waals surface area contributed by atoms with Gasteiger partial charge < -0.3 is 9.47 Å². The van der Waals surface area contributed by atoms with Gasteiger partial charge in [-0.1, -0.05) is 157 Å². The molecule has 0 saturated carbocycles. The predicted molar refractivity (Wildman–Crippen MR) is 209 cm³/mol. The third-order valence-corrected chi connectivity index (χ3v) is 10.0. The minimum atomic E-state index is 0.774. The molecule has 0 N–H and O–H groups in total. The fraction of sp³-hybridized carbons (Fsp3) is 0.362. The van der Waals surface area contributed by atoms with E-state index in [4.69, 9.17) is 9.47 Å². The highest BCUT2D eigenvalue weighted by molar-refractivity contribution is 6.01. The van der Waals surface area contributed by atoms with E-state index in [1.165, 1.54) is 120 Å². The SMILES string of the molecule is CCCCCCCCOc1ccc(-c2cc3c(c(-c4ccccc4)c2-c2ccc(OCCCCCCCC)cc2)Cc2ccccc2-3)cc1. The summed E-state index contributed by atoms with van der Waals surface area (Å²) in [6.07, 6.45) is 16.1. The van der Waals surface area contributed by atoms with Gasteiger partial charge in [0.25, 0.3) is 0 Å². The number of hydrogen-bond acceptors (Lipinski definition) is 2. The van der Waals surface area contributed by atoms with Gasteiger partial charge in [0, 0.05) is 0 Å². The molecule has 0 bridgehead atoms. The number of benzene rings is 5. The molecule has 6 rings (SSSR count). The normalized spacial score (nSPS) is 11.7. The van der Waals surface area contributed by atoms with E-state index in [1.807, 2.05) is 0 Å². The number of hydrogen-bond donors (Lipinski definition) is 0. The molecular weight excluding hydrogens is 597 g/mol. The summed E-state index contributed by atoms with van der Waals surface area (Å²) < 4.78 is 12.4. The van der Waals surface area contributed by atoms with Crippen LogP contribution in [0.3, 0.4) is 0 Å². The Morgan fingerprint density at radius 3 is 1.55 bits per heavy atom. The maximum atomic E-state index is 6.21. The molecule has 254 valence electrons. The van der Waals surface area contributed by atoms with Crippen LogP contribution in [0, 0.1) is 0 Å². The molecule has 0 fully saturated rings. The molecule has 49 heavy (non-hydrogen) atoms. The number of ether oxygens (including phenoxy) is 2. The molecule has 0 aliphatic heterocycles. The van der Waals surface area contributed by atoms with Gasteiger partial charge >= 0.3 is 0 Å². The Kier molecular flexibility index (Phi) is 12.6. The molecule has 0 amide bonds. The van der Waals surface area contributed by atoms with Crippen LogP contribution in [0.5, 0.6) is 11.5 Å². The van der Waals surface area contributed by atoms with E-state index in [0.717, 1.165) is 44.0 Å². The molecule has 2 heteroatoms. The average Bonchev–Trinajstić information content (AvgIpc) is 3.52. The Morgan fingerprint density at radius 1 is 0.429 bits per heavy atom. The Hall–Kier alpha value is -4.30. The van der Waals surface area contributed by atoms with Crippen molar-refractivity contribution >= 4 is 0 Å². The standard InChI is InChI=1S/C47H54O2/c1-3-5-7-9-11-18-32-48-40-28-24-36(25-29-40)43-35-44-42-23-17-16-22-39(42)34-45(44)47(37-20-14-13-15-21-37)46(43)38-26-30-41(31-27-38)49-33-19-12-10-8-6-4-2/h13-17,20-31,35H,3-12,18-19,32-34H2,1-2H3. The summed E-state index contributed by atoms with van der Waals surface area (Å²) in [6.45, 7) is 6.08. The third kappa shape index (κ3) is 8.84. The van der Waals surface area contributed by atoms with Crippen LogP contribution >= 0.6 is 0 Å². The van der Waals surface area contributed by atoms with Crippen LogP contribution in [0.2, 0.25) is 0 Å². The van der Waals surface area contributed by atoms with Crippen LogP contribution < -0.4 is 9.47 Å². The predicted octanol–water partition coefficient (Wildman–Crippen LogP) is 13.7. The minimum Gasteiger partial charge on any atom is -0.494 e. The third-order valence-electron chi connectivity index (χ3n) is 10.0. The number of fused-ring (bicyclic) bond motifs is 3. The van der Waals surface area contributed by atoms with E-state index in [-0.39, 0.29) is 0 Å². The summed E-state index contributed by atoms with van der Waals surface area (Å²) in [5.41, 5.74) is 13.0. The fourth-order valence-corrected chi connectivity index (χ4v) is 7.32. The van der Waals surface area contributed by atoms with E-state index in [0.29, 0.717) is 0 Å². The summed E-state index contributed by atoms with van der Waals surface area (Å²) in [4.78, 5) is 0. The van der Waals surface area contributed by atoms with E-state index < -0.39 is 0 Å². The van der Waals surface area contributed by atoms with Crippen LogP contribution in [0.15, 0.2) is 109 Å². The Labute approximate surface area is 295 Å². The number of rotatable bonds is 19. The number of unbranched alkanes of at least 4 members (excludes halogenated alkanes) is 10. The lowest BCUT2D eigenvalue weighted by Gasteiger charge is -2.21. The Morgan fingerprint density at radius 2 is 0.939 bits per heavy atom. The second kappa shape index (κ2) is 17.9. The van der Waals surface area contributed by atoms with Crippen LogP contribution in [0.4, 0.5) is 0 Å². The first kappa shape index (κ1) is 34.6. The van der Waals surface area contributed by atoms with Crippen molar-refractivity contribution in [1.29, 1.82) is 0 Å². The first-order chi connectivity index (χ1) is 24.3. The summed E-state index contributed by atoms with van der Waals surface area (Å²) in [5, 5.41) is 0. The van der Waals surface area contributed by atoms with Crippen LogP contribution in [-0.4, -0.2) is 13.2 Å². The zero-order valence-corrected chi connectivity index (χ0v) is 29.8. The molecule has 1 aliphatic carbocycles. The molecule has 0 spiro atoms. The molecule has 1 aliphatic rings. The van der Waals surface area contributed by atoms with Crippen molar-refractivity contribution in [3.63, 3.8) is 0 Å². The van der Waals surface area contributed by atoms with Crippen molar-refractivity contribution in [3.05, 3.63) is 120 Å². The van der Waals surface area contributed by atoms with Gasteiger partial charge in [-0.15, -0.1) is 0 Å². The van der Waals surface area contributed by atoms with E-state index >= 15 is 0 Å². The molecule has 0 unspecified atom stereocenters. The van der Waals surface area contributed by atoms with Crippen molar-refractivity contribution < 1.29 is 9.47 Å². The van der Waals surface area contributed by atoms with E-state index in [1.54, 1.807) is 0 Å². The fourth-order valence-electron chi connectivity index (χ4n) is 7.32. The zero-order chi connectivity index (χ0) is 33.7. The molecule has 0 atom stereocenters. The van der Waals surface area contributed by atoms with Gasteiger partial charge in [0.2, 0.25) is 0 Å². The molecule has 2 nitrogen and oxygen atoms in total. The largest absolute Gasteiger partial charge is 0.494 e. The van der Waals surface area contributed by atoms with Crippen molar-refractivity contribution in [3.8, 4) is 56.0 Å². The van der Waals surface area contributed by atoms with Crippen LogP contribution in [0.1, 0.15) is 102 Å². The maximum absolute atomic E-state index is 6.21. The van der Waals surface area contributed by atoms with Crippen LogP contribution in [-0.2, 0) is 6.42 Å². The summed E-state index contributed by atoms with van der Waals surface area (Å²) >= 11 is 0. The van der Waals surface area contributed by atoms with Crippen molar-refractivity contribution in [2.45, 2.75) is 97.3 Å². The first-order valence-electron chi connectivity index (χ1n) is 19.1. The Bertz CT molecular complexity index is 1730. The summed E-state index contributed by atoms with van der Waals surface area (Å²) in [7, 11) is 0. The molecule has 0 saturated heterocycles. The second-order valence-corrected chi connectivity index (χ2v) is 13.7. The molecule has 0 radical (unpaired) electrons. The van der Waals surface area contributed by atoms with Crippen LogP contribution in [0.25, 0.3) is 44.5 Å². The van der Waals surface area contributed by atoms with E-state index in [2.05, 4.69) is 123 Å². The molecule has 0 aromatic heterocycles. The highest BCUT2D eigenvalue weighted by atomic mass is 16.5. The monoisotopic (exact) mass is 650 g/mol.